The molecule has 0 bridgehead atoms. The average molecular weight is 348 g/mol. The van der Waals surface area contributed by atoms with Gasteiger partial charge >= 0.3 is 5.97 Å². The third-order valence-corrected chi connectivity index (χ3v) is 7.94. The quantitative estimate of drug-likeness (QED) is 0.582. The van der Waals surface area contributed by atoms with Crippen LogP contribution in [0, 0.1) is 34.5 Å². The molecule has 3 fully saturated rings. The van der Waals surface area contributed by atoms with E-state index < -0.39 is 0 Å². The van der Waals surface area contributed by atoms with E-state index in [9.17, 15) is 14.7 Å². The number of Topliss-reactive ketones (excluding diaryl/α,β-unsaturated/α-hetero) is 1. The van der Waals surface area contributed by atoms with Gasteiger partial charge in [-0.2, -0.15) is 0 Å². The molecule has 0 aromatic heterocycles. The zero-order chi connectivity index (χ0) is 18.6. The Morgan fingerprint density at radius 1 is 1.28 bits per heavy atom. The van der Waals surface area contributed by atoms with E-state index in [1.165, 1.54) is 7.11 Å². The Balaban J connectivity index is 1.95. The van der Waals surface area contributed by atoms with Gasteiger partial charge in [0.2, 0.25) is 0 Å². The van der Waals surface area contributed by atoms with E-state index in [-0.39, 0.29) is 40.7 Å². The minimum Gasteiger partial charge on any atom is -0.466 e. The molecule has 0 aliphatic heterocycles. The fraction of sp³-hybridized carbons (Fsp3) is 0.810. The van der Waals surface area contributed by atoms with Crippen LogP contribution in [0.4, 0.5) is 0 Å². The smallest absolute Gasteiger partial charge is 0.330 e. The number of aliphatic hydroxyl groups excluding tert-OH is 1. The fourth-order valence-electron chi connectivity index (χ4n) is 6.32. The molecule has 3 aliphatic carbocycles. The number of aliphatic hydroxyl groups is 1. The van der Waals surface area contributed by atoms with Crippen molar-refractivity contribution in [1.29, 1.82) is 0 Å². The van der Waals surface area contributed by atoms with Gasteiger partial charge in [-0.05, 0) is 54.3 Å². The summed E-state index contributed by atoms with van der Waals surface area (Å²) in [6.07, 6.45) is 5.43. The van der Waals surface area contributed by atoms with Crippen molar-refractivity contribution < 1.29 is 19.4 Å². The molecule has 4 heteroatoms. The Hall–Kier alpha value is -1.16. The van der Waals surface area contributed by atoms with Gasteiger partial charge in [-0.1, -0.05) is 33.3 Å². The Kier molecular flexibility index (Phi) is 4.64. The van der Waals surface area contributed by atoms with Crippen LogP contribution >= 0.6 is 0 Å². The molecule has 0 spiro atoms. The molecular weight excluding hydrogens is 316 g/mol. The van der Waals surface area contributed by atoms with Gasteiger partial charge in [-0.3, -0.25) is 4.79 Å². The van der Waals surface area contributed by atoms with E-state index in [1.54, 1.807) is 6.08 Å². The predicted molar refractivity (Wildman–Crippen MR) is 95.7 cm³/mol. The van der Waals surface area contributed by atoms with Crippen molar-refractivity contribution in [1.82, 2.24) is 0 Å². The normalized spacial score (nSPS) is 44.8. The summed E-state index contributed by atoms with van der Waals surface area (Å²) in [5.74, 6) is 0.661. The highest BCUT2D eigenvalue weighted by molar-refractivity contribution is 5.85. The minimum atomic E-state index is -0.328. The van der Waals surface area contributed by atoms with E-state index in [0.29, 0.717) is 18.1 Å². The minimum absolute atomic E-state index is 0.00283. The number of hydrogen-bond donors (Lipinski definition) is 1. The van der Waals surface area contributed by atoms with E-state index >= 15 is 0 Å². The van der Waals surface area contributed by atoms with E-state index in [1.807, 2.05) is 0 Å². The van der Waals surface area contributed by atoms with E-state index in [4.69, 9.17) is 4.74 Å². The summed E-state index contributed by atoms with van der Waals surface area (Å²) in [7, 11) is 1.39. The second-order valence-corrected chi connectivity index (χ2v) is 9.31. The van der Waals surface area contributed by atoms with Gasteiger partial charge in [-0.15, -0.1) is 0 Å². The SMILES string of the molecule is COC(=O)/C=C1\CCC2C(C(=O)CC3C(C)(C)C(O)CCC23C)C1C. The van der Waals surface area contributed by atoms with Crippen LogP contribution < -0.4 is 0 Å². The standard InChI is InChI=1S/C21H32O4/c1-12-13(10-18(24)25-5)6-7-14-19(12)15(22)11-16-20(2,3)17(23)8-9-21(14,16)4/h10,12,14,16-17,19,23H,6-9,11H2,1-5H3/b13-10+. The van der Waals surface area contributed by atoms with Crippen LogP contribution in [-0.4, -0.2) is 30.1 Å². The van der Waals surface area contributed by atoms with Crippen LogP contribution in [0.15, 0.2) is 11.6 Å². The van der Waals surface area contributed by atoms with Gasteiger partial charge in [0, 0.05) is 18.4 Å². The van der Waals surface area contributed by atoms with Crippen LogP contribution in [0.5, 0.6) is 0 Å². The number of hydrogen-bond acceptors (Lipinski definition) is 4. The van der Waals surface area contributed by atoms with Crippen molar-refractivity contribution in [3.05, 3.63) is 11.6 Å². The second kappa shape index (κ2) is 6.22. The number of ether oxygens (including phenoxy) is 1. The molecule has 3 saturated carbocycles. The summed E-state index contributed by atoms with van der Waals surface area (Å²) >= 11 is 0. The van der Waals surface area contributed by atoms with Crippen molar-refractivity contribution >= 4 is 11.8 Å². The molecule has 6 unspecified atom stereocenters. The zero-order valence-electron chi connectivity index (χ0n) is 16.2. The summed E-state index contributed by atoms with van der Waals surface area (Å²) in [5, 5.41) is 10.5. The van der Waals surface area contributed by atoms with Crippen molar-refractivity contribution in [3.8, 4) is 0 Å². The topological polar surface area (TPSA) is 63.6 Å². The lowest BCUT2D eigenvalue weighted by atomic mass is 9.42. The Labute approximate surface area is 151 Å². The lowest BCUT2D eigenvalue weighted by Crippen LogP contribution is -2.60. The first-order valence-corrected chi connectivity index (χ1v) is 9.62. The zero-order valence-corrected chi connectivity index (χ0v) is 16.2. The van der Waals surface area contributed by atoms with Crippen LogP contribution in [0.1, 0.15) is 59.8 Å². The fourth-order valence-corrected chi connectivity index (χ4v) is 6.32. The second-order valence-electron chi connectivity index (χ2n) is 9.31. The van der Waals surface area contributed by atoms with Crippen molar-refractivity contribution in [2.75, 3.05) is 7.11 Å². The molecule has 0 amide bonds. The first-order chi connectivity index (χ1) is 11.6. The van der Waals surface area contributed by atoms with E-state index in [2.05, 4.69) is 27.7 Å². The van der Waals surface area contributed by atoms with Crippen LogP contribution in [-0.2, 0) is 14.3 Å². The van der Waals surface area contributed by atoms with Crippen LogP contribution in [0.2, 0.25) is 0 Å². The third kappa shape index (κ3) is 2.77. The van der Waals surface area contributed by atoms with Gasteiger partial charge < -0.3 is 9.84 Å². The van der Waals surface area contributed by atoms with Gasteiger partial charge in [0.05, 0.1) is 13.2 Å². The number of methoxy groups -OCH3 is 1. The highest BCUT2D eigenvalue weighted by atomic mass is 16.5. The van der Waals surface area contributed by atoms with Gasteiger partial charge in [0.1, 0.15) is 5.78 Å². The molecule has 6 atom stereocenters. The molecule has 140 valence electrons. The van der Waals surface area contributed by atoms with Crippen molar-refractivity contribution in [2.24, 2.45) is 34.5 Å². The van der Waals surface area contributed by atoms with Crippen molar-refractivity contribution in [2.45, 2.75) is 65.9 Å². The maximum absolute atomic E-state index is 13.1. The molecule has 25 heavy (non-hydrogen) atoms. The lowest BCUT2D eigenvalue weighted by molar-refractivity contribution is -0.172. The molecule has 0 aromatic carbocycles. The third-order valence-electron chi connectivity index (χ3n) is 7.94. The molecule has 0 radical (unpaired) electrons. The summed E-state index contributed by atoms with van der Waals surface area (Å²) in [6, 6.07) is 0. The van der Waals surface area contributed by atoms with Crippen molar-refractivity contribution in [3.63, 3.8) is 0 Å². The number of allylic oxidation sites excluding steroid dienone is 1. The first-order valence-electron chi connectivity index (χ1n) is 9.62. The molecular formula is C21H32O4. The average Bonchev–Trinajstić information content (AvgIpc) is 2.56. The summed E-state index contributed by atoms with van der Waals surface area (Å²) < 4.78 is 4.78. The molecule has 1 N–H and O–H groups in total. The Bertz CT molecular complexity index is 605. The number of carbonyl (C=O) groups is 2. The number of fused-ring (bicyclic) bond motifs is 3. The molecule has 3 aliphatic rings. The van der Waals surface area contributed by atoms with Gasteiger partial charge in [-0.25, -0.2) is 4.79 Å². The Morgan fingerprint density at radius 3 is 2.60 bits per heavy atom. The van der Waals surface area contributed by atoms with Crippen LogP contribution in [0.25, 0.3) is 0 Å². The number of rotatable bonds is 1. The summed E-state index contributed by atoms with van der Waals surface area (Å²) in [4.78, 5) is 24.8. The largest absolute Gasteiger partial charge is 0.466 e. The highest BCUT2D eigenvalue weighted by Gasteiger charge is 2.61. The maximum Gasteiger partial charge on any atom is 0.330 e. The number of carbonyl (C=O) groups excluding carboxylic acids is 2. The number of ketones is 1. The molecule has 0 heterocycles. The highest BCUT2D eigenvalue weighted by Crippen LogP contribution is 2.63. The monoisotopic (exact) mass is 348 g/mol. The molecule has 3 rings (SSSR count). The van der Waals surface area contributed by atoms with E-state index in [0.717, 1.165) is 31.3 Å². The predicted octanol–water partition coefficient (Wildman–Crippen LogP) is 3.52. The molecule has 4 nitrogen and oxygen atoms in total. The number of esters is 1. The molecule has 0 saturated heterocycles. The van der Waals surface area contributed by atoms with Crippen LogP contribution in [0.3, 0.4) is 0 Å². The van der Waals surface area contributed by atoms with Gasteiger partial charge in [0.15, 0.2) is 0 Å². The lowest BCUT2D eigenvalue weighted by Gasteiger charge is -2.62. The Morgan fingerprint density at radius 2 is 1.96 bits per heavy atom. The summed E-state index contributed by atoms with van der Waals surface area (Å²) in [5.41, 5.74) is 0.921. The molecule has 0 aromatic rings. The van der Waals surface area contributed by atoms with Gasteiger partial charge in [0.25, 0.3) is 0 Å². The summed E-state index contributed by atoms with van der Waals surface area (Å²) in [6.45, 7) is 8.69. The maximum atomic E-state index is 13.1. The first kappa shape index (κ1) is 18.6.